The van der Waals surface area contributed by atoms with Crippen molar-refractivity contribution in [3.63, 3.8) is 0 Å². The number of fused-ring (bicyclic) bond motifs is 9. The van der Waals surface area contributed by atoms with Crippen molar-refractivity contribution in [2.45, 2.75) is 232 Å². The largest absolute Gasteiger partial charge is 0.334 e. The molecular formula is C90H102BFN4. The van der Waals surface area contributed by atoms with Crippen LogP contribution in [0.5, 0.6) is 0 Å². The molecule has 1 fully saturated rings. The van der Waals surface area contributed by atoms with Gasteiger partial charge in [-0.15, -0.1) is 0 Å². The molecule has 0 bridgehead atoms. The molecule has 0 aromatic heterocycles. The fourth-order valence-corrected chi connectivity index (χ4v) is 18.4. The summed E-state index contributed by atoms with van der Waals surface area (Å²) in [7, 11) is 0. The zero-order valence-corrected chi connectivity index (χ0v) is 61.1. The van der Waals surface area contributed by atoms with Gasteiger partial charge in [0.25, 0.3) is 6.71 Å². The average Bonchev–Trinajstić information content (AvgIpc) is 0.933. The summed E-state index contributed by atoms with van der Waals surface area (Å²) in [5.41, 5.74) is 28.9. The molecule has 3 aliphatic heterocycles. The topological polar surface area (TPSA) is 13.0 Å². The molecule has 0 radical (unpaired) electrons. The Bertz CT molecular complexity index is 4550. The smallest absolute Gasteiger partial charge is 0.252 e. The molecule has 15 rings (SSSR count). The third kappa shape index (κ3) is 9.99. The van der Waals surface area contributed by atoms with Crippen LogP contribution in [-0.4, -0.2) is 12.3 Å². The Morgan fingerprint density at radius 3 is 1.48 bits per heavy atom. The Kier molecular flexibility index (Phi) is 14.4. The van der Waals surface area contributed by atoms with Gasteiger partial charge in [-0.2, -0.15) is 0 Å². The summed E-state index contributed by atoms with van der Waals surface area (Å²) in [5, 5.41) is 0. The molecular weight excluding hydrogens is 1170 g/mol. The molecule has 4 nitrogen and oxygen atoms in total. The van der Waals surface area contributed by atoms with Crippen LogP contribution in [0, 0.1) is 5.82 Å². The van der Waals surface area contributed by atoms with Gasteiger partial charge in [0.1, 0.15) is 5.82 Å². The highest BCUT2D eigenvalue weighted by Crippen LogP contribution is 2.62. The van der Waals surface area contributed by atoms with Gasteiger partial charge in [-0.1, -0.05) is 216 Å². The SMILES string of the molecule is CC(C)(C)c1ccc(N(c2ccc(C(C)(C)C)cc2)c2cc3c4c(c2)N(c2ccc(C(C)(C)C)cc2-c2ccccc2)c2cc(N5c6ccc(F)cc6C6(C)CCCCC56C)ccc2B4c2cc4c(cc2N3c2ccc3c(c2)C(C)(C)CCC3(C)C)C(C)(C)CCC4(C)C)cc1. The number of hydrogen-bond acceptors (Lipinski definition) is 4. The molecule has 0 N–H and O–H groups in total. The lowest BCUT2D eigenvalue weighted by Gasteiger charge is -2.51. The van der Waals surface area contributed by atoms with Gasteiger partial charge in [-0.25, -0.2) is 4.39 Å². The summed E-state index contributed by atoms with van der Waals surface area (Å²) in [6, 6.07) is 68.7. The molecule has 96 heavy (non-hydrogen) atoms. The van der Waals surface area contributed by atoms with Crippen LogP contribution in [0.2, 0.25) is 0 Å². The van der Waals surface area contributed by atoms with Crippen molar-refractivity contribution in [1.82, 2.24) is 0 Å². The predicted molar refractivity (Wildman–Crippen MR) is 410 cm³/mol. The van der Waals surface area contributed by atoms with Gasteiger partial charge in [0.05, 0.1) is 16.9 Å². The van der Waals surface area contributed by atoms with E-state index in [9.17, 15) is 0 Å². The summed E-state index contributed by atoms with van der Waals surface area (Å²) in [4.78, 5) is 10.6. The lowest BCUT2D eigenvalue weighted by Crippen LogP contribution is -2.62. The minimum atomic E-state index is -0.309. The van der Waals surface area contributed by atoms with E-state index in [1.807, 2.05) is 6.07 Å². The van der Waals surface area contributed by atoms with Crippen LogP contribution >= 0.6 is 0 Å². The number of nitrogens with zero attached hydrogens (tertiary/aromatic N) is 4. The van der Waals surface area contributed by atoms with Gasteiger partial charge in [-0.05, 0) is 247 Å². The van der Waals surface area contributed by atoms with Gasteiger partial charge in [0.15, 0.2) is 0 Å². The number of benzene rings is 9. The summed E-state index contributed by atoms with van der Waals surface area (Å²) >= 11 is 0. The lowest BCUT2D eigenvalue weighted by atomic mass is 9.33. The molecule has 1 saturated carbocycles. The Balaban J connectivity index is 1.11. The molecule has 3 aliphatic carbocycles. The van der Waals surface area contributed by atoms with Gasteiger partial charge in [0.2, 0.25) is 0 Å². The van der Waals surface area contributed by atoms with E-state index in [0.29, 0.717) is 0 Å². The van der Waals surface area contributed by atoms with E-state index in [-0.39, 0.29) is 61.4 Å². The van der Waals surface area contributed by atoms with Crippen LogP contribution in [0.4, 0.5) is 67.0 Å². The van der Waals surface area contributed by atoms with E-state index in [4.69, 9.17) is 0 Å². The van der Waals surface area contributed by atoms with Crippen molar-refractivity contribution < 1.29 is 4.39 Å². The van der Waals surface area contributed by atoms with E-state index >= 15 is 4.39 Å². The Morgan fingerprint density at radius 1 is 0.375 bits per heavy atom. The van der Waals surface area contributed by atoms with Crippen molar-refractivity contribution >= 4 is 85.7 Å². The normalized spacial score (nSPS) is 20.9. The fourth-order valence-electron chi connectivity index (χ4n) is 18.4. The van der Waals surface area contributed by atoms with Crippen LogP contribution in [-0.2, 0) is 43.3 Å². The van der Waals surface area contributed by atoms with E-state index in [1.54, 1.807) is 6.07 Å². The highest BCUT2D eigenvalue weighted by atomic mass is 19.1. The average molecular weight is 1270 g/mol. The van der Waals surface area contributed by atoms with E-state index in [2.05, 4.69) is 315 Å². The summed E-state index contributed by atoms with van der Waals surface area (Å²) < 4.78 is 15.9. The number of rotatable bonds is 7. The molecule has 6 heteroatoms. The number of hydrogen-bond donors (Lipinski definition) is 0. The first kappa shape index (κ1) is 64.2. The van der Waals surface area contributed by atoms with Gasteiger partial charge in [-0.3, -0.25) is 0 Å². The summed E-state index contributed by atoms with van der Waals surface area (Å²) in [6.45, 7) is 45.5. The Morgan fingerprint density at radius 2 is 0.885 bits per heavy atom. The Hall–Kier alpha value is -7.83. The van der Waals surface area contributed by atoms with Crippen LogP contribution in [0.3, 0.4) is 0 Å². The second-order valence-electron chi connectivity index (χ2n) is 36.1. The van der Waals surface area contributed by atoms with Gasteiger partial charge >= 0.3 is 0 Å². The molecule has 492 valence electrons. The highest BCUT2D eigenvalue weighted by molar-refractivity contribution is 7.00. The monoisotopic (exact) mass is 1270 g/mol. The Labute approximate surface area is 575 Å². The van der Waals surface area contributed by atoms with E-state index in [1.165, 1.54) is 83.5 Å². The van der Waals surface area contributed by atoms with Crippen molar-refractivity contribution in [2.24, 2.45) is 0 Å². The van der Waals surface area contributed by atoms with E-state index < -0.39 is 0 Å². The molecule has 9 aromatic carbocycles. The lowest BCUT2D eigenvalue weighted by molar-refractivity contribution is 0.194. The van der Waals surface area contributed by atoms with Crippen LogP contribution in [0.25, 0.3) is 11.1 Å². The molecule has 6 aliphatic rings. The quantitative estimate of drug-likeness (QED) is 0.147. The number of halogens is 1. The highest BCUT2D eigenvalue weighted by Gasteiger charge is 2.58. The maximum atomic E-state index is 15.9. The third-order valence-corrected chi connectivity index (χ3v) is 24.9. The molecule has 0 saturated heterocycles. The standard InChI is InChI=1S/C90H102BFN4/c1-82(2,3)58-27-33-62(34-28-58)93(63-35-29-59(30-36-63)83(4,5)6)66-53-79-81-80(54-66)95(75-41-31-60(84(7,8)9)49-67(75)57-25-21-20-22-26-57)77-52-65(96-76-42-32-61(92)50-72(76)89(18)43-23-24-44-90(89,96)19)38-40-73(77)91(81)74-55-70-71(88(16,17)48-47-87(70,14)15)56-78(74)94(79)64-37-39-68-69(51-64)86(12,13)46-45-85(68,10)11/h20-22,25-42,49-56H,23-24,43-48H2,1-19H3. The molecule has 9 aromatic rings. The summed E-state index contributed by atoms with van der Waals surface area (Å²) in [6.07, 6.45) is 8.76. The molecule has 2 atom stereocenters. The zero-order chi connectivity index (χ0) is 68.0. The first-order chi connectivity index (χ1) is 45.1. The van der Waals surface area contributed by atoms with Crippen molar-refractivity contribution in [2.75, 3.05) is 19.6 Å². The third-order valence-electron chi connectivity index (χ3n) is 24.9. The maximum Gasteiger partial charge on any atom is 0.252 e. The first-order valence-electron chi connectivity index (χ1n) is 36.2. The molecule has 3 heterocycles. The van der Waals surface area contributed by atoms with Gasteiger partial charge in [0, 0.05) is 62.2 Å². The van der Waals surface area contributed by atoms with E-state index in [0.717, 1.165) is 102 Å². The zero-order valence-electron chi connectivity index (χ0n) is 61.1. The van der Waals surface area contributed by atoms with Gasteiger partial charge < -0.3 is 19.6 Å². The minimum Gasteiger partial charge on any atom is -0.334 e. The molecule has 2 unspecified atom stereocenters. The molecule has 0 spiro atoms. The fraction of sp³-hybridized carbons (Fsp3) is 0.400. The first-order valence-corrected chi connectivity index (χ1v) is 36.2. The summed E-state index contributed by atoms with van der Waals surface area (Å²) in [5.74, 6) is -0.164. The van der Waals surface area contributed by atoms with Crippen molar-refractivity contribution in [3.8, 4) is 11.1 Å². The second kappa shape index (κ2) is 21.6. The van der Waals surface area contributed by atoms with Crippen LogP contribution in [0.1, 0.15) is 227 Å². The minimum absolute atomic E-state index is 0.0307. The van der Waals surface area contributed by atoms with Crippen LogP contribution in [0.15, 0.2) is 176 Å². The van der Waals surface area contributed by atoms with Crippen molar-refractivity contribution in [3.05, 3.63) is 226 Å². The van der Waals surface area contributed by atoms with Crippen molar-refractivity contribution in [1.29, 1.82) is 0 Å². The predicted octanol–water partition coefficient (Wildman–Crippen LogP) is 23.4. The number of anilines is 11. The molecule has 0 amide bonds. The maximum absolute atomic E-state index is 15.9. The second-order valence-corrected chi connectivity index (χ2v) is 36.1. The van der Waals surface area contributed by atoms with Crippen LogP contribution < -0.4 is 36.0 Å².